The fourth-order valence-corrected chi connectivity index (χ4v) is 1.96. The third-order valence-corrected chi connectivity index (χ3v) is 3.38. The van der Waals surface area contributed by atoms with Crippen molar-refractivity contribution in [1.82, 2.24) is 15.1 Å². The number of nitrogens with zero attached hydrogens (tertiary/aromatic N) is 2. The van der Waals surface area contributed by atoms with Crippen LogP contribution in [0, 0.1) is 6.92 Å². The fourth-order valence-electron chi connectivity index (χ4n) is 1.83. The van der Waals surface area contributed by atoms with Gasteiger partial charge in [0, 0.05) is 24.8 Å². The molecule has 0 unspecified atom stereocenters. The molecule has 0 aliphatic heterocycles. The molecule has 0 spiro atoms. The van der Waals surface area contributed by atoms with Gasteiger partial charge in [0.05, 0.1) is 11.8 Å². The number of benzene rings is 1. The third kappa shape index (κ3) is 3.03. The van der Waals surface area contributed by atoms with Crippen molar-refractivity contribution in [3.05, 3.63) is 52.8 Å². The molecule has 2 aromatic rings. The topological polar surface area (TPSA) is 72.9 Å². The monoisotopic (exact) mass is 288 g/mol. The van der Waals surface area contributed by atoms with Crippen molar-refractivity contribution >= 4 is 23.1 Å². The Morgan fingerprint density at radius 2 is 2.25 bits per heavy atom. The smallest absolute Gasteiger partial charge is 0.255 e. The molecule has 3 N–H and O–H groups in total. The highest BCUT2D eigenvalue weighted by Crippen LogP contribution is 2.08. The number of thiocarbonyl (C=S) groups is 1. The summed E-state index contributed by atoms with van der Waals surface area (Å²) in [6.07, 6.45) is 1.57. The van der Waals surface area contributed by atoms with Crippen molar-refractivity contribution in [1.29, 1.82) is 0 Å². The molecule has 1 aromatic heterocycles. The number of aromatic nitrogens is 2. The van der Waals surface area contributed by atoms with Crippen LogP contribution in [0.2, 0.25) is 0 Å². The van der Waals surface area contributed by atoms with E-state index in [-0.39, 0.29) is 5.91 Å². The van der Waals surface area contributed by atoms with E-state index in [0.717, 1.165) is 16.8 Å². The number of rotatable bonds is 4. The first-order valence-electron chi connectivity index (χ1n) is 6.14. The van der Waals surface area contributed by atoms with Crippen LogP contribution in [0.4, 0.5) is 0 Å². The number of nitrogens with two attached hydrogens (primary N) is 1. The van der Waals surface area contributed by atoms with Gasteiger partial charge in [0.15, 0.2) is 0 Å². The maximum atomic E-state index is 12.1. The Bertz CT molecular complexity index is 663. The van der Waals surface area contributed by atoms with Gasteiger partial charge in [-0.15, -0.1) is 0 Å². The average molecular weight is 288 g/mol. The Morgan fingerprint density at radius 3 is 2.85 bits per heavy atom. The highest BCUT2D eigenvalue weighted by atomic mass is 32.1. The number of aryl methyl sites for hydroxylation is 1. The van der Waals surface area contributed by atoms with E-state index >= 15 is 0 Å². The van der Waals surface area contributed by atoms with Crippen LogP contribution in [0.25, 0.3) is 0 Å². The molecule has 0 fully saturated rings. The Kier molecular flexibility index (Phi) is 4.14. The van der Waals surface area contributed by atoms with Gasteiger partial charge in [-0.1, -0.05) is 30.4 Å². The van der Waals surface area contributed by atoms with Crippen LogP contribution in [0.15, 0.2) is 30.5 Å². The van der Waals surface area contributed by atoms with E-state index in [1.807, 2.05) is 31.2 Å². The van der Waals surface area contributed by atoms with Gasteiger partial charge < -0.3 is 11.1 Å². The summed E-state index contributed by atoms with van der Waals surface area (Å²) in [7, 11) is 1.80. The lowest BCUT2D eigenvalue weighted by Gasteiger charge is -2.06. The summed E-state index contributed by atoms with van der Waals surface area (Å²) < 4.78 is 1.67. The molecular formula is C14H16N4OS. The molecule has 0 bridgehead atoms. The lowest BCUT2D eigenvalue weighted by atomic mass is 10.1. The average Bonchev–Trinajstić information content (AvgIpc) is 2.77. The maximum absolute atomic E-state index is 12.1. The number of carbonyl (C=O) groups excluding carboxylic acids is 1. The van der Waals surface area contributed by atoms with E-state index in [1.54, 1.807) is 17.9 Å². The van der Waals surface area contributed by atoms with Gasteiger partial charge >= 0.3 is 0 Å². The second-order valence-corrected chi connectivity index (χ2v) is 4.95. The zero-order chi connectivity index (χ0) is 14.7. The van der Waals surface area contributed by atoms with Gasteiger partial charge in [-0.05, 0) is 18.6 Å². The summed E-state index contributed by atoms with van der Waals surface area (Å²) in [5.74, 6) is -0.142. The fraction of sp³-hybridized carbons (Fsp3) is 0.214. The summed E-state index contributed by atoms with van der Waals surface area (Å²) in [5.41, 5.74) is 8.74. The largest absolute Gasteiger partial charge is 0.389 e. The number of amides is 1. The highest BCUT2D eigenvalue weighted by molar-refractivity contribution is 7.80. The zero-order valence-electron chi connectivity index (χ0n) is 11.4. The van der Waals surface area contributed by atoms with Gasteiger partial charge in [0.25, 0.3) is 5.91 Å². The predicted molar refractivity (Wildman–Crippen MR) is 81.4 cm³/mol. The molecule has 104 valence electrons. The van der Waals surface area contributed by atoms with Crippen LogP contribution in [-0.4, -0.2) is 20.7 Å². The summed E-state index contributed by atoms with van der Waals surface area (Å²) in [5, 5.41) is 6.91. The molecule has 5 nitrogen and oxygen atoms in total. The minimum absolute atomic E-state index is 0.142. The molecule has 2 rings (SSSR count). The minimum Gasteiger partial charge on any atom is -0.389 e. The maximum Gasteiger partial charge on any atom is 0.255 e. The zero-order valence-corrected chi connectivity index (χ0v) is 12.2. The Labute approximate surface area is 122 Å². The molecule has 6 heteroatoms. The van der Waals surface area contributed by atoms with Gasteiger partial charge in [0.1, 0.15) is 4.99 Å². The molecule has 0 aliphatic carbocycles. The molecule has 0 radical (unpaired) electrons. The van der Waals surface area contributed by atoms with Gasteiger partial charge in [-0.25, -0.2) is 0 Å². The second kappa shape index (κ2) is 5.83. The molecule has 20 heavy (non-hydrogen) atoms. The highest BCUT2D eigenvalue weighted by Gasteiger charge is 2.12. The Hall–Kier alpha value is -2.21. The van der Waals surface area contributed by atoms with Crippen LogP contribution in [0.3, 0.4) is 0 Å². The summed E-state index contributed by atoms with van der Waals surface area (Å²) in [6, 6.07) is 7.50. The summed E-state index contributed by atoms with van der Waals surface area (Å²) in [4.78, 5) is 12.4. The van der Waals surface area contributed by atoms with E-state index in [4.69, 9.17) is 18.0 Å². The van der Waals surface area contributed by atoms with Crippen LogP contribution < -0.4 is 11.1 Å². The molecule has 1 amide bonds. The van der Waals surface area contributed by atoms with E-state index in [0.29, 0.717) is 17.1 Å². The molecule has 1 aromatic carbocycles. The van der Waals surface area contributed by atoms with Crippen LogP contribution >= 0.6 is 12.2 Å². The second-order valence-electron chi connectivity index (χ2n) is 4.51. The summed E-state index contributed by atoms with van der Waals surface area (Å²) in [6.45, 7) is 2.28. The Balaban J connectivity index is 2.05. The normalized spacial score (nSPS) is 10.3. The molecule has 1 heterocycles. The van der Waals surface area contributed by atoms with Crippen molar-refractivity contribution < 1.29 is 4.79 Å². The minimum atomic E-state index is -0.142. The first-order valence-corrected chi connectivity index (χ1v) is 6.55. The molecule has 0 aliphatic rings. The van der Waals surface area contributed by atoms with E-state index in [2.05, 4.69) is 10.4 Å². The lowest BCUT2D eigenvalue weighted by molar-refractivity contribution is 0.0950. The van der Waals surface area contributed by atoms with E-state index in [9.17, 15) is 4.79 Å². The number of hydrogen-bond acceptors (Lipinski definition) is 3. The van der Waals surface area contributed by atoms with Crippen LogP contribution in [-0.2, 0) is 13.6 Å². The molecule has 0 atom stereocenters. The number of carbonyl (C=O) groups is 1. The van der Waals surface area contributed by atoms with Gasteiger partial charge in [-0.3, -0.25) is 9.48 Å². The quantitative estimate of drug-likeness (QED) is 0.832. The molecule has 0 saturated heterocycles. The van der Waals surface area contributed by atoms with Crippen molar-refractivity contribution in [3.8, 4) is 0 Å². The van der Waals surface area contributed by atoms with Gasteiger partial charge in [-0.2, -0.15) is 5.10 Å². The lowest BCUT2D eigenvalue weighted by Crippen LogP contribution is -2.23. The molecule has 0 saturated carbocycles. The van der Waals surface area contributed by atoms with Crippen LogP contribution in [0.5, 0.6) is 0 Å². The van der Waals surface area contributed by atoms with E-state index < -0.39 is 0 Å². The number of hydrogen-bond donors (Lipinski definition) is 2. The van der Waals surface area contributed by atoms with Crippen LogP contribution in [0.1, 0.15) is 27.2 Å². The van der Waals surface area contributed by atoms with E-state index in [1.165, 1.54) is 0 Å². The van der Waals surface area contributed by atoms with Crippen molar-refractivity contribution in [2.24, 2.45) is 12.8 Å². The SMILES string of the molecule is Cc1c(C(=O)NCc2cccc(C(N)=S)c2)cnn1C. The van der Waals surface area contributed by atoms with Crippen molar-refractivity contribution in [2.75, 3.05) is 0 Å². The third-order valence-electron chi connectivity index (χ3n) is 3.14. The standard InChI is InChI=1S/C14H16N4OS/c1-9-12(8-17-18(9)2)14(19)16-7-10-4-3-5-11(6-10)13(15)20/h3-6,8H,7H2,1-2H3,(H2,15,20)(H,16,19). The first-order chi connectivity index (χ1) is 9.49. The summed E-state index contributed by atoms with van der Waals surface area (Å²) >= 11 is 4.93. The Morgan fingerprint density at radius 1 is 1.50 bits per heavy atom. The number of nitrogens with one attached hydrogen (secondary N) is 1. The molecular weight excluding hydrogens is 272 g/mol. The van der Waals surface area contributed by atoms with Crippen molar-refractivity contribution in [2.45, 2.75) is 13.5 Å². The van der Waals surface area contributed by atoms with Gasteiger partial charge in [0.2, 0.25) is 0 Å². The first kappa shape index (κ1) is 14.2. The van der Waals surface area contributed by atoms with Crippen molar-refractivity contribution in [3.63, 3.8) is 0 Å². The predicted octanol–water partition coefficient (Wildman–Crippen LogP) is 1.29.